The first-order chi connectivity index (χ1) is 14.7. The van der Waals surface area contributed by atoms with Crippen molar-refractivity contribution in [3.05, 3.63) is 71.3 Å². The Labute approximate surface area is 202 Å². The summed E-state index contributed by atoms with van der Waals surface area (Å²) in [5, 5.41) is 16.9. The Kier molecular flexibility index (Phi) is 10.8. The zero-order valence-corrected chi connectivity index (χ0v) is 20.4. The van der Waals surface area contributed by atoms with Gasteiger partial charge in [0, 0.05) is 32.6 Å². The minimum atomic E-state index is -0.500. The molecule has 168 valence electrons. The first kappa shape index (κ1) is 25.1. The van der Waals surface area contributed by atoms with Gasteiger partial charge < -0.3 is 20.6 Å². The van der Waals surface area contributed by atoms with Crippen LogP contribution in [0.15, 0.2) is 59.6 Å². The second-order valence-corrected chi connectivity index (χ2v) is 7.52. The molecule has 0 spiro atoms. The van der Waals surface area contributed by atoms with Crippen LogP contribution in [0.25, 0.3) is 0 Å². The van der Waals surface area contributed by atoms with Gasteiger partial charge in [-0.25, -0.2) is 4.99 Å². The highest BCUT2D eigenvalue weighted by atomic mass is 127. The molecule has 3 N–H and O–H groups in total. The molecule has 2 aromatic carbocycles. The number of amides is 1. The summed E-state index contributed by atoms with van der Waals surface area (Å²) in [6.45, 7) is 5.43. The monoisotopic (exact) mass is 536 g/mol. The quantitative estimate of drug-likeness (QED) is 0.260. The van der Waals surface area contributed by atoms with Crippen molar-refractivity contribution in [3.63, 3.8) is 0 Å². The topological polar surface area (TPSA) is 77.0 Å². The maximum absolute atomic E-state index is 12.0. The fraction of sp³-hybridized carbons (Fsp3) is 0.417. The summed E-state index contributed by atoms with van der Waals surface area (Å²) in [5.41, 5.74) is 3.19. The van der Waals surface area contributed by atoms with Gasteiger partial charge in [0.2, 0.25) is 5.91 Å². The van der Waals surface area contributed by atoms with Crippen molar-refractivity contribution < 1.29 is 9.90 Å². The first-order valence-electron chi connectivity index (χ1n) is 10.8. The second kappa shape index (κ2) is 13.3. The van der Waals surface area contributed by atoms with E-state index in [0.717, 1.165) is 42.2 Å². The summed E-state index contributed by atoms with van der Waals surface area (Å²) in [6.07, 6.45) is 1.70. The minimum absolute atomic E-state index is 0. The summed E-state index contributed by atoms with van der Waals surface area (Å²) in [4.78, 5) is 18.6. The Hall–Kier alpha value is -2.13. The summed E-state index contributed by atoms with van der Waals surface area (Å²) < 4.78 is 0. The molecule has 0 saturated carbocycles. The van der Waals surface area contributed by atoms with Gasteiger partial charge in [0.1, 0.15) is 0 Å². The molecule has 0 radical (unpaired) electrons. The average Bonchev–Trinajstić information content (AvgIpc) is 3.17. The lowest BCUT2D eigenvalue weighted by atomic mass is 10.1. The third kappa shape index (κ3) is 7.81. The Balaban J connectivity index is 0.00000341. The molecule has 1 saturated heterocycles. The highest BCUT2D eigenvalue weighted by molar-refractivity contribution is 14.0. The van der Waals surface area contributed by atoms with E-state index in [4.69, 9.17) is 4.99 Å². The van der Waals surface area contributed by atoms with E-state index in [2.05, 4.69) is 22.8 Å². The number of rotatable bonds is 9. The smallest absolute Gasteiger partial charge is 0.222 e. The molecule has 1 amide bonds. The molecule has 1 aliphatic rings. The van der Waals surface area contributed by atoms with Crippen LogP contribution in [0.1, 0.15) is 49.0 Å². The number of benzene rings is 2. The number of nitrogens with one attached hydrogen (secondary N) is 2. The van der Waals surface area contributed by atoms with Crippen molar-refractivity contribution in [1.82, 2.24) is 15.5 Å². The summed E-state index contributed by atoms with van der Waals surface area (Å²) >= 11 is 0. The molecule has 0 bridgehead atoms. The lowest BCUT2D eigenvalue weighted by Crippen LogP contribution is -2.38. The van der Waals surface area contributed by atoms with Crippen LogP contribution in [0, 0.1) is 0 Å². The Morgan fingerprint density at radius 2 is 1.81 bits per heavy atom. The van der Waals surface area contributed by atoms with Crippen molar-refractivity contribution in [2.24, 2.45) is 4.99 Å². The summed E-state index contributed by atoms with van der Waals surface area (Å²) in [7, 11) is 0. The molecular weight excluding hydrogens is 503 g/mol. The lowest BCUT2D eigenvalue weighted by molar-refractivity contribution is -0.128. The van der Waals surface area contributed by atoms with E-state index in [0.29, 0.717) is 32.5 Å². The number of aliphatic hydroxyl groups excluding tert-OH is 1. The van der Waals surface area contributed by atoms with Crippen LogP contribution in [0.5, 0.6) is 0 Å². The normalized spacial score (nSPS) is 14.8. The van der Waals surface area contributed by atoms with Gasteiger partial charge in [-0.05, 0) is 36.5 Å². The SMILES string of the molecule is CCNC(=NCc1ccccc1CN1CCCC1=O)NCCC(O)c1ccccc1.I. The summed E-state index contributed by atoms with van der Waals surface area (Å²) in [5.74, 6) is 0.963. The number of likely N-dealkylation sites (tertiary alicyclic amines) is 1. The van der Waals surface area contributed by atoms with E-state index in [1.165, 1.54) is 0 Å². The molecule has 7 heteroatoms. The number of hydrogen-bond donors (Lipinski definition) is 3. The van der Waals surface area contributed by atoms with E-state index in [9.17, 15) is 9.90 Å². The maximum Gasteiger partial charge on any atom is 0.222 e. The van der Waals surface area contributed by atoms with Crippen molar-refractivity contribution in [2.75, 3.05) is 19.6 Å². The van der Waals surface area contributed by atoms with Gasteiger partial charge in [-0.3, -0.25) is 4.79 Å². The molecule has 31 heavy (non-hydrogen) atoms. The van der Waals surface area contributed by atoms with Gasteiger partial charge in [0.25, 0.3) is 0 Å². The fourth-order valence-corrected chi connectivity index (χ4v) is 3.62. The highest BCUT2D eigenvalue weighted by Crippen LogP contribution is 2.18. The maximum atomic E-state index is 12.0. The van der Waals surface area contributed by atoms with E-state index < -0.39 is 6.10 Å². The van der Waals surface area contributed by atoms with Crippen LogP contribution in [0.3, 0.4) is 0 Å². The Morgan fingerprint density at radius 3 is 2.48 bits per heavy atom. The van der Waals surface area contributed by atoms with Gasteiger partial charge in [0.05, 0.1) is 12.6 Å². The molecule has 6 nitrogen and oxygen atoms in total. The van der Waals surface area contributed by atoms with E-state index in [1.807, 2.05) is 54.3 Å². The van der Waals surface area contributed by atoms with E-state index in [-0.39, 0.29) is 29.9 Å². The Morgan fingerprint density at radius 1 is 1.10 bits per heavy atom. The summed E-state index contributed by atoms with van der Waals surface area (Å²) in [6, 6.07) is 17.9. The molecule has 1 atom stereocenters. The predicted octanol–water partition coefficient (Wildman–Crippen LogP) is 3.61. The van der Waals surface area contributed by atoms with Crippen LogP contribution >= 0.6 is 24.0 Å². The number of aliphatic hydroxyl groups is 1. The third-order valence-corrected chi connectivity index (χ3v) is 5.30. The molecule has 2 aromatic rings. The Bertz CT molecular complexity index is 844. The molecule has 1 heterocycles. The number of carbonyl (C=O) groups is 1. The number of hydrogen-bond acceptors (Lipinski definition) is 3. The molecule has 0 aromatic heterocycles. The zero-order valence-electron chi connectivity index (χ0n) is 18.1. The predicted molar refractivity (Wildman–Crippen MR) is 135 cm³/mol. The molecule has 1 aliphatic heterocycles. The van der Waals surface area contributed by atoms with Crippen LogP contribution in [0.2, 0.25) is 0 Å². The van der Waals surface area contributed by atoms with Crippen molar-refractivity contribution >= 4 is 35.8 Å². The van der Waals surface area contributed by atoms with Gasteiger partial charge in [-0.2, -0.15) is 0 Å². The molecule has 1 fully saturated rings. The van der Waals surface area contributed by atoms with Gasteiger partial charge in [-0.1, -0.05) is 54.6 Å². The number of guanidine groups is 1. The second-order valence-electron chi connectivity index (χ2n) is 7.52. The average molecular weight is 536 g/mol. The van der Waals surface area contributed by atoms with Crippen LogP contribution in [-0.2, 0) is 17.9 Å². The number of halogens is 1. The van der Waals surface area contributed by atoms with Crippen LogP contribution in [0.4, 0.5) is 0 Å². The van der Waals surface area contributed by atoms with E-state index in [1.54, 1.807) is 0 Å². The van der Waals surface area contributed by atoms with Crippen molar-refractivity contribution in [1.29, 1.82) is 0 Å². The zero-order chi connectivity index (χ0) is 21.2. The lowest BCUT2D eigenvalue weighted by Gasteiger charge is -2.18. The highest BCUT2D eigenvalue weighted by Gasteiger charge is 2.20. The first-order valence-corrected chi connectivity index (χ1v) is 10.8. The minimum Gasteiger partial charge on any atom is -0.388 e. The van der Waals surface area contributed by atoms with Crippen molar-refractivity contribution in [2.45, 2.75) is 45.4 Å². The van der Waals surface area contributed by atoms with Gasteiger partial charge in [-0.15, -0.1) is 24.0 Å². The van der Waals surface area contributed by atoms with Gasteiger partial charge in [0.15, 0.2) is 5.96 Å². The van der Waals surface area contributed by atoms with E-state index >= 15 is 0 Å². The third-order valence-electron chi connectivity index (χ3n) is 5.30. The molecule has 3 rings (SSSR count). The van der Waals surface area contributed by atoms with Gasteiger partial charge >= 0.3 is 0 Å². The van der Waals surface area contributed by atoms with Crippen molar-refractivity contribution in [3.8, 4) is 0 Å². The standard InChI is InChI=1S/C24H32N4O2.HI/c1-2-25-24(26-15-14-22(29)19-9-4-3-5-10-19)27-17-20-11-6-7-12-21(20)18-28-16-8-13-23(28)30;/h3-7,9-12,22,29H,2,8,13-18H2,1H3,(H2,25,26,27);1H. The number of nitrogens with zero attached hydrogens (tertiary/aromatic N) is 2. The number of aliphatic imine (C=N–C) groups is 1. The number of carbonyl (C=O) groups excluding carboxylic acids is 1. The molecule has 0 aliphatic carbocycles. The fourth-order valence-electron chi connectivity index (χ4n) is 3.62. The molecular formula is C24H33IN4O2. The van der Waals surface area contributed by atoms with Crippen LogP contribution < -0.4 is 10.6 Å². The molecule has 1 unspecified atom stereocenters. The van der Waals surface area contributed by atoms with Crippen LogP contribution in [-0.4, -0.2) is 41.5 Å². The largest absolute Gasteiger partial charge is 0.388 e.